The molecular weight excluding hydrogens is 556 g/mol. The van der Waals surface area contributed by atoms with Gasteiger partial charge in [0.15, 0.2) is 17.4 Å². The van der Waals surface area contributed by atoms with Crippen molar-refractivity contribution in [2.24, 2.45) is 10.4 Å². The molecule has 0 bridgehead atoms. The Morgan fingerprint density at radius 2 is 1.81 bits per heavy atom. The van der Waals surface area contributed by atoms with Gasteiger partial charge in [-0.2, -0.15) is 0 Å². The molecule has 43 heavy (non-hydrogen) atoms. The van der Waals surface area contributed by atoms with Gasteiger partial charge in [0.2, 0.25) is 5.90 Å². The first kappa shape index (κ1) is 28.3. The first-order chi connectivity index (χ1) is 21.4. The molecule has 0 aliphatic carbocycles. The van der Waals surface area contributed by atoms with E-state index in [-0.39, 0.29) is 0 Å². The number of aliphatic imine (C=N–C) groups is 1. The summed E-state index contributed by atoms with van der Waals surface area (Å²) in [5.41, 5.74) is 2.57. The van der Waals surface area contributed by atoms with Crippen LogP contribution in [0, 0.1) is 5.41 Å². The third-order valence-corrected chi connectivity index (χ3v) is 9.75. The standard InChI is InChI=1S/C28H44N10O5/c1-3-13-33(14-4-1)28(34-16-9-29-10-17-34)27(24-30-11-20-40-24,25-31-12-21-41-25)26(35-18-22-42-43-35)38(36-15-6-8-32-36)37(28)23-7-2-5-19-39-23/h2,5-8,19,23-24,26,29-30,32H,1,3-4,9-18,20-22H2. The fourth-order valence-electron chi connectivity index (χ4n) is 8.30. The monoisotopic (exact) mass is 600 g/mol. The molecule has 3 N–H and O–H groups in total. The molecule has 15 nitrogen and oxygen atoms in total. The number of likely N-dealkylation sites (tertiary alicyclic amines) is 1. The lowest BCUT2D eigenvalue weighted by atomic mass is 9.72. The summed E-state index contributed by atoms with van der Waals surface area (Å²) >= 11 is 0. The van der Waals surface area contributed by atoms with E-state index in [1.165, 1.54) is 6.42 Å². The minimum atomic E-state index is -0.939. The number of rotatable bonds is 7. The summed E-state index contributed by atoms with van der Waals surface area (Å²) in [5.74, 6) is -0.159. The highest BCUT2D eigenvalue weighted by Gasteiger charge is 2.82. The highest BCUT2D eigenvalue weighted by atomic mass is 17.3. The highest BCUT2D eigenvalue weighted by molar-refractivity contribution is 5.87. The summed E-state index contributed by atoms with van der Waals surface area (Å²) < 4.78 is 20.0. The maximum absolute atomic E-state index is 6.78. The number of ether oxygens (including phenoxy) is 3. The Bertz CT molecular complexity index is 1090. The van der Waals surface area contributed by atoms with E-state index in [9.17, 15) is 0 Å². The number of nitrogens with zero attached hydrogens (tertiary/aromatic N) is 7. The molecule has 0 amide bonds. The van der Waals surface area contributed by atoms with Gasteiger partial charge in [0.1, 0.15) is 19.0 Å². The van der Waals surface area contributed by atoms with E-state index in [2.05, 4.69) is 59.3 Å². The van der Waals surface area contributed by atoms with Gasteiger partial charge >= 0.3 is 0 Å². The number of nitrogens with one attached hydrogen (secondary N) is 3. The van der Waals surface area contributed by atoms with Gasteiger partial charge in [0.05, 0.1) is 39.1 Å². The normalized spacial score (nSPS) is 40.3. The fraction of sp³-hybridized carbons (Fsp3) is 0.750. The topological polar surface area (TPSA) is 114 Å². The first-order valence-corrected chi connectivity index (χ1v) is 15.9. The molecule has 8 aliphatic rings. The lowest BCUT2D eigenvalue weighted by Gasteiger charge is -2.62. The SMILES string of the molecule is C1=COC(N2N(N3CC=CN3)C(N3CCOO3)C(C3=NCCO3)(C3NCCO3)C2(N2CCCCC2)N2CCNCC2)C=C1. The van der Waals surface area contributed by atoms with E-state index >= 15 is 0 Å². The molecular formula is C28H44N10O5. The van der Waals surface area contributed by atoms with Crippen molar-refractivity contribution in [2.75, 3.05) is 85.3 Å². The van der Waals surface area contributed by atoms with Crippen LogP contribution in [0.15, 0.2) is 41.8 Å². The van der Waals surface area contributed by atoms with Gasteiger partial charge in [-0.25, -0.2) is 4.89 Å². The summed E-state index contributed by atoms with van der Waals surface area (Å²) in [7, 11) is 0. The minimum absolute atomic E-state index is 0.443. The smallest absolute Gasteiger partial charge is 0.202 e. The second-order valence-electron chi connectivity index (χ2n) is 12.0. The Kier molecular flexibility index (Phi) is 7.89. The molecule has 5 fully saturated rings. The van der Waals surface area contributed by atoms with Gasteiger partial charge in [0.25, 0.3) is 0 Å². The predicted molar refractivity (Wildman–Crippen MR) is 154 cm³/mol. The van der Waals surface area contributed by atoms with E-state index in [4.69, 9.17) is 29.1 Å². The first-order valence-electron chi connectivity index (χ1n) is 15.9. The number of piperidine rings is 1. The van der Waals surface area contributed by atoms with E-state index in [0.29, 0.717) is 45.4 Å². The largest absolute Gasteiger partial charge is 0.478 e. The van der Waals surface area contributed by atoms with Crippen LogP contribution in [-0.4, -0.2) is 146 Å². The van der Waals surface area contributed by atoms with Crippen LogP contribution in [0.5, 0.6) is 0 Å². The lowest BCUT2D eigenvalue weighted by molar-refractivity contribution is -0.414. The third kappa shape index (κ3) is 4.33. The van der Waals surface area contributed by atoms with Crippen molar-refractivity contribution in [2.45, 2.75) is 43.7 Å². The summed E-state index contributed by atoms with van der Waals surface area (Å²) in [5, 5.41) is 16.2. The number of hydrazine groups is 3. The zero-order valence-electron chi connectivity index (χ0n) is 24.7. The number of hydroxylamine groups is 2. The van der Waals surface area contributed by atoms with Gasteiger partial charge in [-0.1, -0.05) is 12.5 Å². The summed E-state index contributed by atoms with van der Waals surface area (Å²) in [6, 6.07) is 0. The number of allylic oxidation sites excluding steroid dienone is 2. The summed E-state index contributed by atoms with van der Waals surface area (Å²) in [6.45, 7) is 9.31. The van der Waals surface area contributed by atoms with E-state index in [0.717, 1.165) is 58.7 Å². The van der Waals surface area contributed by atoms with Crippen LogP contribution < -0.4 is 16.1 Å². The number of hydrogen-bond acceptors (Lipinski definition) is 15. The Morgan fingerprint density at radius 3 is 2.49 bits per heavy atom. The summed E-state index contributed by atoms with van der Waals surface area (Å²) in [6.07, 6.45) is 14.1. The van der Waals surface area contributed by atoms with Crippen molar-refractivity contribution in [3.63, 3.8) is 0 Å². The molecule has 236 valence electrons. The number of hydrogen-bond donors (Lipinski definition) is 3. The van der Waals surface area contributed by atoms with E-state index < -0.39 is 29.8 Å². The third-order valence-electron chi connectivity index (χ3n) is 9.75. The molecule has 8 heterocycles. The van der Waals surface area contributed by atoms with Crippen LogP contribution in [0.3, 0.4) is 0 Å². The Labute approximate surface area is 252 Å². The molecule has 8 aliphatic heterocycles. The van der Waals surface area contributed by atoms with Crippen LogP contribution in [0.4, 0.5) is 0 Å². The average molecular weight is 601 g/mol. The molecule has 0 aromatic heterocycles. The van der Waals surface area contributed by atoms with Crippen LogP contribution >= 0.6 is 0 Å². The maximum Gasteiger partial charge on any atom is 0.202 e. The van der Waals surface area contributed by atoms with E-state index in [1.54, 1.807) is 6.26 Å². The van der Waals surface area contributed by atoms with Gasteiger partial charge < -0.3 is 25.0 Å². The average Bonchev–Trinajstić information content (AvgIpc) is 3.91. The van der Waals surface area contributed by atoms with Crippen molar-refractivity contribution in [3.8, 4) is 0 Å². The molecule has 15 heteroatoms. The molecule has 5 saturated heterocycles. The lowest BCUT2D eigenvalue weighted by Crippen LogP contribution is -2.83. The zero-order valence-corrected chi connectivity index (χ0v) is 24.7. The molecule has 0 spiro atoms. The van der Waals surface area contributed by atoms with Crippen molar-refractivity contribution >= 4 is 5.90 Å². The molecule has 0 saturated carbocycles. The van der Waals surface area contributed by atoms with Crippen LogP contribution in [0.25, 0.3) is 0 Å². The van der Waals surface area contributed by atoms with Crippen LogP contribution in [0.2, 0.25) is 0 Å². The molecule has 0 aromatic carbocycles. The Morgan fingerprint density at radius 1 is 0.930 bits per heavy atom. The minimum Gasteiger partial charge on any atom is -0.478 e. The van der Waals surface area contributed by atoms with Crippen LogP contribution in [0.1, 0.15) is 19.3 Å². The van der Waals surface area contributed by atoms with Gasteiger partial charge in [-0.3, -0.25) is 20.1 Å². The molecule has 5 atom stereocenters. The van der Waals surface area contributed by atoms with Crippen LogP contribution in [-0.2, 0) is 24.1 Å². The predicted octanol–water partition coefficient (Wildman–Crippen LogP) is -0.895. The van der Waals surface area contributed by atoms with Crippen molar-refractivity contribution < 1.29 is 24.1 Å². The van der Waals surface area contributed by atoms with Crippen molar-refractivity contribution in [1.82, 2.24) is 46.2 Å². The second kappa shape index (κ2) is 12.0. The van der Waals surface area contributed by atoms with E-state index in [1.807, 2.05) is 17.3 Å². The Balaban J connectivity index is 1.45. The van der Waals surface area contributed by atoms with Gasteiger partial charge in [-0.05, 0) is 31.1 Å². The fourth-order valence-corrected chi connectivity index (χ4v) is 8.30. The molecule has 0 aromatic rings. The maximum atomic E-state index is 6.78. The zero-order chi connectivity index (χ0) is 28.7. The van der Waals surface area contributed by atoms with Gasteiger partial charge in [-0.15, -0.1) is 25.3 Å². The molecule has 5 unspecified atom stereocenters. The molecule has 0 radical (unpaired) electrons. The molecule has 8 rings (SSSR count). The highest BCUT2D eigenvalue weighted by Crippen LogP contribution is 2.60. The van der Waals surface area contributed by atoms with Crippen molar-refractivity contribution in [1.29, 1.82) is 0 Å². The summed E-state index contributed by atoms with van der Waals surface area (Å²) in [4.78, 5) is 22.2. The van der Waals surface area contributed by atoms with Crippen molar-refractivity contribution in [3.05, 3.63) is 36.8 Å². The Hall–Kier alpha value is -2.15. The van der Waals surface area contributed by atoms with Gasteiger partial charge in [0, 0.05) is 52.0 Å². The number of piperazine rings is 1. The quantitative estimate of drug-likeness (QED) is 0.314. The second-order valence-corrected chi connectivity index (χ2v) is 12.0.